The molecule has 6 heteroatoms. The molecule has 0 bridgehead atoms. The molecule has 50 valence electrons. The van der Waals surface area contributed by atoms with E-state index in [-0.39, 0.29) is 37.2 Å². The van der Waals surface area contributed by atoms with Gasteiger partial charge in [-0.2, -0.15) is 0 Å². The van der Waals surface area contributed by atoms with Crippen molar-refractivity contribution in [3.05, 3.63) is 9.73 Å². The summed E-state index contributed by atoms with van der Waals surface area (Å²) in [4.78, 5) is 4.80. The monoisotopic (exact) mass is 384 g/mol. The van der Waals surface area contributed by atoms with Gasteiger partial charge in [-0.05, 0) is 0 Å². The van der Waals surface area contributed by atoms with E-state index in [0.29, 0.717) is 31.1 Å². The van der Waals surface area contributed by atoms with E-state index >= 15 is 0 Å². The van der Waals surface area contributed by atoms with Crippen molar-refractivity contribution in [2.45, 2.75) is 0 Å². The first-order chi connectivity index (χ1) is 2.89. The molecule has 0 nitrogen and oxygen atoms in total. The maximum absolute atomic E-state index is 2.41. The van der Waals surface area contributed by atoms with E-state index in [1.54, 1.807) is 24.7 Å². The molecule has 1 aliphatic heterocycles. The summed E-state index contributed by atoms with van der Waals surface area (Å²) in [5, 5.41) is 0. The van der Waals surface area contributed by atoms with Crippen LogP contribution in [-0.4, -0.2) is 31.9 Å². The Morgan fingerprint density at radius 1 is 1.33 bits per heavy atom. The van der Waals surface area contributed by atoms with Crippen molar-refractivity contribution in [2.75, 3.05) is 0 Å². The summed E-state index contributed by atoms with van der Waals surface area (Å²) in [5.41, 5.74) is 0. The van der Waals surface area contributed by atoms with E-state index in [2.05, 4.69) is 9.73 Å². The Morgan fingerprint density at radius 3 is 2.00 bits per heavy atom. The number of rotatable bonds is 0. The fraction of sp³-hybridized carbons (Fsp3) is 0. The molecule has 1 heterocycles. The second-order valence-corrected chi connectivity index (χ2v) is 13.4. The molecule has 1 aliphatic rings. The first-order valence-electron chi connectivity index (χ1n) is 1.60. The van der Waals surface area contributed by atoms with Gasteiger partial charge < -0.3 is 37.2 Å². The molecule has 0 amide bonds. The van der Waals surface area contributed by atoms with E-state index in [0.717, 1.165) is 0 Å². The van der Waals surface area contributed by atoms with Crippen LogP contribution in [0.4, 0.5) is 0 Å². The second-order valence-electron chi connectivity index (χ2n) is 0.938. The number of hydrogen-bond acceptors (Lipinski definition) is 0. The Hall–Kier alpha value is 2.48. The Bertz CT molecular complexity index is 114. The first kappa shape index (κ1) is 17.5. The molecule has 0 aromatic heterocycles. The average Bonchev–Trinajstić information content (AvgIpc) is 1.86. The molecule has 0 aromatic carbocycles. The van der Waals surface area contributed by atoms with Gasteiger partial charge in [0.05, 0.1) is 0 Å². The Balaban J connectivity index is -0.000000120. The summed E-state index contributed by atoms with van der Waals surface area (Å²) in [7, 11) is 0. The summed E-state index contributed by atoms with van der Waals surface area (Å²) >= 11 is 2.73. The van der Waals surface area contributed by atoms with Gasteiger partial charge in [-0.15, -0.1) is 0 Å². The molecular formula is C3H3As2Cl3Zr. The third-order valence-corrected chi connectivity index (χ3v) is 10.5. The first-order valence-corrected chi connectivity index (χ1v) is 7.11. The Kier molecular flexibility index (Phi) is 20.4. The van der Waals surface area contributed by atoms with Crippen LogP contribution in [0.25, 0.3) is 0 Å². The molecule has 0 fully saturated rings. The summed E-state index contributed by atoms with van der Waals surface area (Å²) in [6, 6.07) is 0. The minimum atomic E-state index is 0. The van der Waals surface area contributed by atoms with Crippen molar-refractivity contribution >= 4 is 31.9 Å². The predicted octanol–water partition coefficient (Wildman–Crippen LogP) is -9.74. The summed E-state index contributed by atoms with van der Waals surface area (Å²) in [6.07, 6.45) is 0. The molecule has 0 N–H and O–H groups in total. The van der Waals surface area contributed by atoms with Crippen molar-refractivity contribution in [3.8, 4) is 0 Å². The molecule has 1 unspecified atom stereocenters. The molecule has 0 aromatic rings. The molecule has 0 saturated carbocycles. The van der Waals surface area contributed by atoms with Gasteiger partial charge in [0.15, 0.2) is 0 Å². The van der Waals surface area contributed by atoms with Crippen LogP contribution in [0, 0.1) is 0 Å². The van der Waals surface area contributed by atoms with E-state index in [1.807, 2.05) is 0.800 Å². The Labute approximate surface area is 102 Å². The van der Waals surface area contributed by atoms with E-state index in [1.165, 1.54) is 0 Å². The van der Waals surface area contributed by atoms with Crippen LogP contribution in [-0.2, 0) is 24.7 Å². The van der Waals surface area contributed by atoms with Crippen LogP contribution in [0.3, 0.4) is 0 Å². The van der Waals surface area contributed by atoms with E-state index < -0.39 is 0 Å². The SMILES string of the molecule is [Cl-].[Cl-].[Cl-].[Zr+3][C]1=[As]C=C[AsH]1. The van der Waals surface area contributed by atoms with Crippen LogP contribution < -0.4 is 37.2 Å². The predicted molar refractivity (Wildman–Crippen MR) is 27.0 cm³/mol. The van der Waals surface area contributed by atoms with Crippen molar-refractivity contribution in [1.82, 2.24) is 0 Å². The zero-order chi connectivity index (χ0) is 4.41. The topological polar surface area (TPSA) is 0 Å². The molecule has 1 atom stereocenters. The molecule has 1 rings (SSSR count). The molecule has 0 radical (unpaired) electrons. The maximum atomic E-state index is 2.41. The van der Waals surface area contributed by atoms with Gasteiger partial charge in [-0.1, -0.05) is 0 Å². The van der Waals surface area contributed by atoms with E-state index in [9.17, 15) is 0 Å². The number of hydrogen-bond donors (Lipinski definition) is 0. The fourth-order valence-electron chi connectivity index (χ4n) is 0.265. The second kappa shape index (κ2) is 10.5. The van der Waals surface area contributed by atoms with Crippen LogP contribution >= 0.6 is 0 Å². The van der Waals surface area contributed by atoms with Crippen LogP contribution in [0.15, 0.2) is 9.73 Å². The average molecular weight is 386 g/mol. The van der Waals surface area contributed by atoms with Gasteiger partial charge >= 0.3 is 66.3 Å². The third kappa shape index (κ3) is 8.39. The molecule has 0 spiro atoms. The van der Waals surface area contributed by atoms with Crippen LogP contribution in [0.5, 0.6) is 0 Å². The van der Waals surface area contributed by atoms with Gasteiger partial charge in [0.1, 0.15) is 0 Å². The molecule has 9 heavy (non-hydrogen) atoms. The van der Waals surface area contributed by atoms with Gasteiger partial charge in [0.2, 0.25) is 0 Å². The molecule has 0 aliphatic carbocycles. The third-order valence-electron chi connectivity index (χ3n) is 0.498. The number of halogens is 3. The van der Waals surface area contributed by atoms with Gasteiger partial charge in [0, 0.05) is 0 Å². The van der Waals surface area contributed by atoms with E-state index in [4.69, 9.17) is 0 Å². The standard InChI is InChI=1S/C3H3As2.3ClH.Zr/c1-2-5-3-4-1;;;;/h1-2,4H;3*1H;/q;;;;+3/p-3. The molecular weight excluding hydrogens is 383 g/mol. The van der Waals surface area contributed by atoms with Gasteiger partial charge in [0.25, 0.3) is 0 Å². The summed E-state index contributed by atoms with van der Waals surface area (Å²) in [5.74, 6) is 0. The van der Waals surface area contributed by atoms with Crippen LogP contribution in [0.1, 0.15) is 0 Å². The minimum absolute atomic E-state index is 0. The summed E-state index contributed by atoms with van der Waals surface area (Å²) in [6.45, 7) is 0. The normalized spacial score (nSPS) is 16.9. The zero-order valence-electron chi connectivity index (χ0n) is 4.24. The summed E-state index contributed by atoms with van der Waals surface area (Å²) < 4.78 is 1.90. The van der Waals surface area contributed by atoms with Gasteiger partial charge in [-0.3, -0.25) is 0 Å². The Morgan fingerprint density at radius 2 is 1.89 bits per heavy atom. The molecule has 0 saturated heterocycles. The van der Waals surface area contributed by atoms with Crippen LogP contribution in [0.2, 0.25) is 0 Å². The fourth-order valence-corrected chi connectivity index (χ4v) is 7.46. The van der Waals surface area contributed by atoms with Crippen molar-refractivity contribution in [3.63, 3.8) is 0 Å². The van der Waals surface area contributed by atoms with Gasteiger partial charge in [-0.25, -0.2) is 0 Å². The quantitative estimate of drug-likeness (QED) is 0.363. The van der Waals surface area contributed by atoms with Crippen molar-refractivity contribution in [1.29, 1.82) is 0 Å². The van der Waals surface area contributed by atoms with Crippen molar-refractivity contribution < 1.29 is 61.9 Å². The van der Waals surface area contributed by atoms with Crippen molar-refractivity contribution in [2.24, 2.45) is 0 Å². The zero-order valence-corrected chi connectivity index (χ0v) is 12.9.